The molecule has 0 saturated carbocycles. The zero-order chi connectivity index (χ0) is 17.6. The third kappa shape index (κ3) is 9.41. The van der Waals surface area contributed by atoms with Crippen LogP contribution in [0.5, 0.6) is 0 Å². The molecule has 0 aliphatic carbocycles. The van der Waals surface area contributed by atoms with Gasteiger partial charge in [0.15, 0.2) is 6.29 Å². The number of hydrogen-bond acceptors (Lipinski definition) is 3. The highest BCUT2D eigenvalue weighted by Crippen LogP contribution is 2.19. The van der Waals surface area contributed by atoms with Crippen LogP contribution < -0.4 is 5.73 Å². The molecule has 2 unspecified atom stereocenters. The minimum atomic E-state index is -1.35. The summed E-state index contributed by atoms with van der Waals surface area (Å²) in [6.45, 7) is 2.25. The molecule has 138 valence electrons. The molecule has 2 atom stereocenters. The number of benzene rings is 1. The molecular formula is C21H37NO2. The predicted molar refractivity (Wildman–Crippen MR) is 102 cm³/mol. The van der Waals surface area contributed by atoms with Crippen molar-refractivity contribution in [2.24, 2.45) is 11.7 Å². The van der Waals surface area contributed by atoms with Crippen molar-refractivity contribution in [3.05, 3.63) is 35.9 Å². The molecular weight excluding hydrogens is 298 g/mol. The van der Waals surface area contributed by atoms with Gasteiger partial charge in [0.2, 0.25) is 0 Å². The number of aliphatic hydroxyl groups is 2. The molecule has 24 heavy (non-hydrogen) atoms. The van der Waals surface area contributed by atoms with Crippen molar-refractivity contribution in [3.8, 4) is 0 Å². The third-order valence-electron chi connectivity index (χ3n) is 4.89. The van der Waals surface area contributed by atoms with Crippen molar-refractivity contribution in [1.29, 1.82) is 0 Å². The molecule has 1 aromatic carbocycles. The Hall–Kier alpha value is -0.900. The minimum absolute atomic E-state index is 0.158. The van der Waals surface area contributed by atoms with E-state index in [4.69, 9.17) is 5.73 Å². The number of unbranched alkanes of at least 4 members (excludes halogenated alkanes) is 8. The third-order valence-corrected chi connectivity index (χ3v) is 4.89. The molecule has 0 saturated heterocycles. The maximum Gasteiger partial charge on any atom is 0.156 e. The van der Waals surface area contributed by atoms with Crippen LogP contribution >= 0.6 is 0 Å². The van der Waals surface area contributed by atoms with E-state index in [-0.39, 0.29) is 12.0 Å². The van der Waals surface area contributed by atoms with Gasteiger partial charge < -0.3 is 15.9 Å². The molecule has 4 N–H and O–H groups in total. The number of rotatable bonds is 14. The second kappa shape index (κ2) is 13.4. The van der Waals surface area contributed by atoms with E-state index >= 15 is 0 Å². The zero-order valence-electron chi connectivity index (χ0n) is 15.4. The maximum atomic E-state index is 9.66. The highest BCUT2D eigenvalue weighted by atomic mass is 16.5. The Morgan fingerprint density at radius 2 is 1.38 bits per heavy atom. The van der Waals surface area contributed by atoms with Crippen LogP contribution in [-0.4, -0.2) is 22.5 Å². The summed E-state index contributed by atoms with van der Waals surface area (Å²) >= 11 is 0. The van der Waals surface area contributed by atoms with Gasteiger partial charge in [0.1, 0.15) is 0 Å². The van der Waals surface area contributed by atoms with Crippen LogP contribution in [-0.2, 0) is 6.42 Å². The fourth-order valence-electron chi connectivity index (χ4n) is 3.27. The Bertz CT molecular complexity index is 394. The Kier molecular flexibility index (Phi) is 11.8. The van der Waals surface area contributed by atoms with Crippen molar-refractivity contribution in [1.82, 2.24) is 0 Å². The van der Waals surface area contributed by atoms with Crippen LogP contribution in [0.3, 0.4) is 0 Å². The Morgan fingerprint density at radius 3 is 1.92 bits per heavy atom. The normalized spacial score (nSPS) is 14.0. The molecule has 1 rings (SSSR count). The van der Waals surface area contributed by atoms with E-state index in [0.717, 1.165) is 18.4 Å². The molecule has 0 heterocycles. The molecule has 0 aliphatic heterocycles. The maximum absolute atomic E-state index is 9.66. The number of hydrogen-bond donors (Lipinski definition) is 3. The second-order valence-corrected chi connectivity index (χ2v) is 7.05. The summed E-state index contributed by atoms with van der Waals surface area (Å²) in [6.07, 6.45) is 11.7. The lowest BCUT2D eigenvalue weighted by atomic mass is 9.89. The number of nitrogens with two attached hydrogens (primary N) is 1. The molecule has 3 heteroatoms. The summed E-state index contributed by atoms with van der Waals surface area (Å²) < 4.78 is 0. The van der Waals surface area contributed by atoms with Gasteiger partial charge in [0, 0.05) is 12.0 Å². The monoisotopic (exact) mass is 335 g/mol. The van der Waals surface area contributed by atoms with Gasteiger partial charge in [-0.15, -0.1) is 0 Å². The highest BCUT2D eigenvalue weighted by molar-refractivity contribution is 5.15. The largest absolute Gasteiger partial charge is 0.368 e. The summed E-state index contributed by atoms with van der Waals surface area (Å²) in [4.78, 5) is 0. The highest BCUT2D eigenvalue weighted by Gasteiger charge is 2.24. The molecule has 0 fully saturated rings. The summed E-state index contributed by atoms with van der Waals surface area (Å²) in [5.41, 5.74) is 7.35. The van der Waals surface area contributed by atoms with E-state index in [0.29, 0.717) is 6.42 Å². The van der Waals surface area contributed by atoms with E-state index in [9.17, 15) is 10.2 Å². The topological polar surface area (TPSA) is 66.5 Å². The standard InChI is InChI=1S/C21H37NO2/c1-2-3-4-5-6-7-8-9-13-16-20(22)19(21(23)24)17-18-14-11-10-12-15-18/h10-12,14-15,19-21,23-24H,2-9,13,16-17,22H2,1H3. The van der Waals surface area contributed by atoms with E-state index in [1.165, 1.54) is 51.4 Å². The van der Waals surface area contributed by atoms with Gasteiger partial charge >= 0.3 is 0 Å². The van der Waals surface area contributed by atoms with Crippen molar-refractivity contribution >= 4 is 0 Å². The van der Waals surface area contributed by atoms with Crippen molar-refractivity contribution in [2.45, 2.75) is 89.9 Å². The fraction of sp³-hybridized carbons (Fsp3) is 0.714. The minimum Gasteiger partial charge on any atom is -0.368 e. The zero-order valence-corrected chi connectivity index (χ0v) is 15.4. The first-order chi connectivity index (χ1) is 11.6. The fourth-order valence-corrected chi connectivity index (χ4v) is 3.27. The molecule has 1 aromatic rings. The average molecular weight is 336 g/mol. The van der Waals surface area contributed by atoms with Crippen LogP contribution in [0.25, 0.3) is 0 Å². The van der Waals surface area contributed by atoms with Gasteiger partial charge in [-0.1, -0.05) is 95.0 Å². The quantitative estimate of drug-likeness (QED) is 0.348. The Labute approximate surface area is 148 Å². The first kappa shape index (κ1) is 21.1. The molecule has 0 bridgehead atoms. The van der Waals surface area contributed by atoms with Crippen LogP contribution in [0.2, 0.25) is 0 Å². The lowest BCUT2D eigenvalue weighted by Gasteiger charge is -2.25. The van der Waals surface area contributed by atoms with E-state index in [2.05, 4.69) is 6.92 Å². The van der Waals surface area contributed by atoms with Crippen LogP contribution in [0.1, 0.15) is 76.7 Å². The predicted octanol–water partition coefficient (Wildman–Crippen LogP) is 4.40. The van der Waals surface area contributed by atoms with E-state index in [1.54, 1.807) is 0 Å². The van der Waals surface area contributed by atoms with E-state index < -0.39 is 6.29 Å². The van der Waals surface area contributed by atoms with Crippen LogP contribution in [0.4, 0.5) is 0 Å². The van der Waals surface area contributed by atoms with Gasteiger partial charge in [-0.2, -0.15) is 0 Å². The summed E-state index contributed by atoms with van der Waals surface area (Å²) in [6, 6.07) is 9.79. The van der Waals surface area contributed by atoms with Crippen LogP contribution in [0, 0.1) is 5.92 Å². The van der Waals surface area contributed by atoms with Crippen molar-refractivity contribution in [2.75, 3.05) is 0 Å². The van der Waals surface area contributed by atoms with Gasteiger partial charge in [-0.25, -0.2) is 0 Å². The molecule has 0 radical (unpaired) electrons. The summed E-state index contributed by atoms with van der Waals surface area (Å²) in [5, 5.41) is 19.3. The Balaban J connectivity index is 2.18. The van der Waals surface area contributed by atoms with E-state index in [1.807, 2.05) is 30.3 Å². The van der Waals surface area contributed by atoms with Crippen molar-refractivity contribution < 1.29 is 10.2 Å². The van der Waals surface area contributed by atoms with Gasteiger partial charge in [0.25, 0.3) is 0 Å². The van der Waals surface area contributed by atoms with Gasteiger partial charge in [-0.3, -0.25) is 0 Å². The molecule has 0 spiro atoms. The molecule has 0 amide bonds. The molecule has 0 aliphatic rings. The summed E-state index contributed by atoms with van der Waals surface area (Å²) in [7, 11) is 0. The SMILES string of the molecule is CCCCCCCCCCCC(N)C(Cc1ccccc1)C(O)O. The number of aliphatic hydroxyl groups excluding tert-OH is 1. The molecule has 0 aromatic heterocycles. The first-order valence-electron chi connectivity index (χ1n) is 9.80. The molecule has 3 nitrogen and oxygen atoms in total. The lowest BCUT2D eigenvalue weighted by molar-refractivity contribution is -0.0908. The van der Waals surface area contributed by atoms with Gasteiger partial charge in [0.05, 0.1) is 0 Å². The van der Waals surface area contributed by atoms with Gasteiger partial charge in [-0.05, 0) is 18.4 Å². The Morgan fingerprint density at radius 1 is 0.833 bits per heavy atom. The smallest absolute Gasteiger partial charge is 0.156 e. The van der Waals surface area contributed by atoms with Crippen LogP contribution in [0.15, 0.2) is 30.3 Å². The second-order valence-electron chi connectivity index (χ2n) is 7.05. The lowest BCUT2D eigenvalue weighted by Crippen LogP contribution is -2.39. The summed E-state index contributed by atoms with van der Waals surface area (Å²) in [5.74, 6) is -0.290. The average Bonchev–Trinajstić information content (AvgIpc) is 2.58. The van der Waals surface area contributed by atoms with Crippen molar-refractivity contribution in [3.63, 3.8) is 0 Å². The first-order valence-corrected chi connectivity index (χ1v) is 9.80.